The van der Waals surface area contributed by atoms with Crippen molar-refractivity contribution in [1.82, 2.24) is 39.5 Å². The van der Waals surface area contributed by atoms with Gasteiger partial charge in [-0.1, -0.05) is 18.9 Å². The molecular formula is C39H42N10O6. The number of piperazine rings is 1. The molecule has 1 aromatic carbocycles. The smallest absolute Gasteiger partial charge is 0.270 e. The second-order valence-corrected chi connectivity index (χ2v) is 14.7. The van der Waals surface area contributed by atoms with Crippen LogP contribution in [0.15, 0.2) is 48.8 Å². The minimum absolute atomic E-state index is 0.0328. The molecule has 284 valence electrons. The number of carbonyl (C=O) groups is 6. The number of hydrogen-bond donors (Lipinski definition) is 2. The standard InChI is InChI=1S/C39H42N10O6/c1-45(2)38(54)30-18-23-20-42-31(43-35(23)48(30)25-6-3-4-7-25)19-24-10-11-26(21-40-24)46-14-16-47(17-15-46)33(51)22-41-28-9-5-8-27-34(28)39(55)49(37(27)53)29-12-13-32(50)44-36(29)52/h5,8-11,18,20-21,25,29,41H,3-4,6-7,12-17,19,22H2,1-2H3,(H,44,50,52). The molecule has 3 aliphatic heterocycles. The molecule has 0 bridgehead atoms. The number of nitrogens with zero attached hydrogens (tertiary/aromatic N) is 8. The molecule has 16 heteroatoms. The van der Waals surface area contributed by atoms with Crippen LogP contribution in [-0.4, -0.2) is 123 Å². The summed E-state index contributed by atoms with van der Waals surface area (Å²) >= 11 is 0. The van der Waals surface area contributed by atoms with Gasteiger partial charge in [0.05, 0.1) is 36.0 Å². The van der Waals surface area contributed by atoms with Crippen molar-refractivity contribution in [2.45, 2.75) is 57.0 Å². The lowest BCUT2D eigenvalue weighted by Crippen LogP contribution is -2.54. The van der Waals surface area contributed by atoms with Gasteiger partial charge in [0.15, 0.2) is 0 Å². The van der Waals surface area contributed by atoms with Gasteiger partial charge in [0, 0.05) is 75.7 Å². The Morgan fingerprint density at radius 2 is 1.71 bits per heavy atom. The Kier molecular flexibility index (Phi) is 9.49. The second-order valence-electron chi connectivity index (χ2n) is 14.7. The first kappa shape index (κ1) is 35.8. The third-order valence-corrected chi connectivity index (χ3v) is 11.0. The molecule has 3 aromatic heterocycles. The van der Waals surface area contributed by atoms with Crippen molar-refractivity contribution in [1.29, 1.82) is 0 Å². The Labute approximate surface area is 316 Å². The number of amides is 6. The number of rotatable bonds is 9. The van der Waals surface area contributed by atoms with E-state index in [4.69, 9.17) is 9.97 Å². The number of aromatic nitrogens is 4. The number of hydrogen-bond acceptors (Lipinski definition) is 11. The van der Waals surface area contributed by atoms with E-state index in [0.717, 1.165) is 53.0 Å². The fourth-order valence-corrected chi connectivity index (χ4v) is 8.08. The average molecular weight is 747 g/mol. The van der Waals surface area contributed by atoms with E-state index in [1.807, 2.05) is 24.4 Å². The van der Waals surface area contributed by atoms with Gasteiger partial charge in [-0.25, -0.2) is 9.97 Å². The van der Waals surface area contributed by atoms with Crippen molar-refractivity contribution in [2.24, 2.45) is 0 Å². The lowest BCUT2D eigenvalue weighted by Gasteiger charge is -2.36. The molecule has 1 aliphatic carbocycles. The summed E-state index contributed by atoms with van der Waals surface area (Å²) in [4.78, 5) is 97.7. The molecule has 55 heavy (non-hydrogen) atoms. The van der Waals surface area contributed by atoms with Gasteiger partial charge in [-0.2, -0.15) is 0 Å². The van der Waals surface area contributed by atoms with E-state index in [1.165, 1.54) is 6.07 Å². The van der Waals surface area contributed by atoms with Crippen molar-refractivity contribution in [3.8, 4) is 0 Å². The fourth-order valence-electron chi connectivity index (χ4n) is 8.08. The summed E-state index contributed by atoms with van der Waals surface area (Å²) in [7, 11) is 3.53. The molecule has 6 heterocycles. The molecule has 8 rings (SSSR count). The summed E-state index contributed by atoms with van der Waals surface area (Å²) in [5.74, 6) is -1.91. The minimum Gasteiger partial charge on any atom is -0.375 e. The molecule has 0 radical (unpaired) electrons. The first-order valence-corrected chi connectivity index (χ1v) is 18.7. The van der Waals surface area contributed by atoms with Gasteiger partial charge in [0.1, 0.15) is 23.2 Å². The van der Waals surface area contributed by atoms with Crippen LogP contribution in [-0.2, 0) is 20.8 Å². The van der Waals surface area contributed by atoms with Gasteiger partial charge in [-0.15, -0.1) is 0 Å². The molecular weight excluding hydrogens is 704 g/mol. The highest BCUT2D eigenvalue weighted by Gasteiger charge is 2.45. The predicted octanol–water partition coefficient (Wildman–Crippen LogP) is 2.40. The van der Waals surface area contributed by atoms with Crippen LogP contribution in [0.25, 0.3) is 11.0 Å². The summed E-state index contributed by atoms with van der Waals surface area (Å²) < 4.78 is 2.11. The lowest BCUT2D eigenvalue weighted by atomic mass is 10.0. The van der Waals surface area contributed by atoms with Gasteiger partial charge < -0.3 is 24.6 Å². The van der Waals surface area contributed by atoms with Crippen LogP contribution >= 0.6 is 0 Å². The van der Waals surface area contributed by atoms with E-state index in [2.05, 4.69) is 25.1 Å². The van der Waals surface area contributed by atoms with Crippen molar-refractivity contribution in [3.63, 3.8) is 0 Å². The summed E-state index contributed by atoms with van der Waals surface area (Å²) in [5, 5.41) is 6.09. The van der Waals surface area contributed by atoms with E-state index in [-0.39, 0.29) is 48.4 Å². The second kappa shape index (κ2) is 14.6. The lowest BCUT2D eigenvalue weighted by molar-refractivity contribution is -0.136. The normalized spacial score (nSPS) is 18.9. The number of benzene rings is 1. The zero-order valence-corrected chi connectivity index (χ0v) is 30.8. The molecule has 3 fully saturated rings. The molecule has 1 unspecified atom stereocenters. The third-order valence-electron chi connectivity index (χ3n) is 11.0. The fraction of sp³-hybridized carbons (Fsp3) is 0.410. The van der Waals surface area contributed by atoms with Crippen molar-refractivity contribution in [2.75, 3.05) is 57.0 Å². The summed E-state index contributed by atoms with van der Waals surface area (Å²) in [6, 6.07) is 9.82. The largest absolute Gasteiger partial charge is 0.375 e. The molecule has 2 saturated heterocycles. The maximum atomic E-state index is 13.4. The van der Waals surface area contributed by atoms with E-state index in [0.29, 0.717) is 49.8 Å². The highest BCUT2D eigenvalue weighted by molar-refractivity contribution is 6.25. The zero-order chi connectivity index (χ0) is 38.4. The molecule has 6 amide bonds. The highest BCUT2D eigenvalue weighted by Crippen LogP contribution is 2.35. The van der Waals surface area contributed by atoms with E-state index >= 15 is 0 Å². The maximum absolute atomic E-state index is 13.4. The topological polar surface area (TPSA) is 183 Å². The van der Waals surface area contributed by atoms with Crippen LogP contribution in [0.4, 0.5) is 11.4 Å². The first-order chi connectivity index (χ1) is 26.6. The number of fused-ring (bicyclic) bond motifs is 2. The number of nitrogens with one attached hydrogen (secondary N) is 2. The van der Waals surface area contributed by atoms with Crippen LogP contribution in [0.1, 0.15) is 87.3 Å². The SMILES string of the molecule is CN(C)C(=O)c1cc2cnc(Cc3ccc(N4CCN(C(=O)CNc5cccc6c5C(=O)N(C5CCC(=O)NC5=O)C6=O)CC4)cn3)nc2n1C1CCCC1. The monoisotopic (exact) mass is 746 g/mol. The number of piperidine rings is 1. The van der Waals surface area contributed by atoms with Crippen LogP contribution in [0.3, 0.4) is 0 Å². The maximum Gasteiger partial charge on any atom is 0.270 e. The van der Waals surface area contributed by atoms with Gasteiger partial charge >= 0.3 is 0 Å². The van der Waals surface area contributed by atoms with E-state index < -0.39 is 29.7 Å². The Bertz CT molecular complexity index is 2220. The Balaban J connectivity index is 0.870. The summed E-state index contributed by atoms with van der Waals surface area (Å²) in [6.07, 6.45) is 8.48. The number of pyridine rings is 1. The predicted molar refractivity (Wildman–Crippen MR) is 200 cm³/mol. The minimum atomic E-state index is -1.07. The Morgan fingerprint density at radius 1 is 0.927 bits per heavy atom. The molecule has 1 atom stereocenters. The van der Waals surface area contributed by atoms with Crippen LogP contribution in [0, 0.1) is 0 Å². The summed E-state index contributed by atoms with van der Waals surface area (Å²) in [6.45, 7) is 2.10. The number of anilines is 2. The average Bonchev–Trinajstić information content (AvgIpc) is 3.91. The van der Waals surface area contributed by atoms with Gasteiger partial charge in [0.25, 0.3) is 17.7 Å². The van der Waals surface area contributed by atoms with Crippen LogP contribution in [0.5, 0.6) is 0 Å². The Hall–Kier alpha value is -6.19. The van der Waals surface area contributed by atoms with Crippen molar-refractivity contribution < 1.29 is 28.8 Å². The number of imide groups is 2. The highest BCUT2D eigenvalue weighted by atomic mass is 16.2. The van der Waals surface area contributed by atoms with Crippen molar-refractivity contribution in [3.05, 3.63) is 77.1 Å². The van der Waals surface area contributed by atoms with E-state index in [9.17, 15) is 28.8 Å². The molecule has 16 nitrogen and oxygen atoms in total. The molecule has 2 N–H and O–H groups in total. The van der Waals surface area contributed by atoms with Crippen molar-refractivity contribution >= 4 is 57.9 Å². The molecule has 0 spiro atoms. The molecule has 4 aromatic rings. The van der Waals surface area contributed by atoms with Crippen LogP contribution < -0.4 is 15.5 Å². The quantitative estimate of drug-likeness (QED) is 0.240. The van der Waals surface area contributed by atoms with E-state index in [1.54, 1.807) is 42.2 Å². The Morgan fingerprint density at radius 3 is 2.42 bits per heavy atom. The van der Waals surface area contributed by atoms with Crippen LogP contribution in [0.2, 0.25) is 0 Å². The van der Waals surface area contributed by atoms with Gasteiger partial charge in [0.2, 0.25) is 17.7 Å². The molecule has 4 aliphatic rings. The summed E-state index contributed by atoms with van der Waals surface area (Å²) in [5.41, 5.74) is 3.79. The first-order valence-electron chi connectivity index (χ1n) is 18.7. The van der Waals surface area contributed by atoms with Gasteiger partial charge in [-0.3, -0.25) is 44.0 Å². The third kappa shape index (κ3) is 6.76. The zero-order valence-electron chi connectivity index (χ0n) is 30.8. The van der Waals surface area contributed by atoms with Gasteiger partial charge in [-0.05, 0) is 49.6 Å². The molecule has 1 saturated carbocycles. The number of carbonyl (C=O) groups excluding carboxylic acids is 6.